The number of carbonyl (C=O) groups is 6. The molecule has 0 saturated heterocycles. The van der Waals surface area contributed by atoms with Gasteiger partial charge in [0.15, 0.2) is 0 Å². The van der Waals surface area contributed by atoms with Crippen LogP contribution in [-0.4, -0.2) is 261 Å². The molecule has 0 heterocycles. The van der Waals surface area contributed by atoms with Crippen LogP contribution in [0.15, 0.2) is 255 Å². The number of rotatable bonds is 46. The zero-order valence-corrected chi connectivity index (χ0v) is 85.9. The van der Waals surface area contributed by atoms with E-state index in [1.165, 1.54) is 19.4 Å². The number of fused-ring (bicyclic) bond motifs is 6. The molecule has 12 rings (SSSR count). The number of esters is 6. The lowest BCUT2D eigenvalue weighted by atomic mass is 10.1. The molecule has 1 atom stereocenters. The summed E-state index contributed by atoms with van der Waals surface area (Å²) in [6.07, 6.45) is 8.23. The molecule has 732 valence electrons. The number of quaternary nitrogens is 6. The van der Waals surface area contributed by atoms with E-state index in [4.69, 9.17) is 28.4 Å². The van der Waals surface area contributed by atoms with Crippen LogP contribution in [0.2, 0.25) is 0 Å². The van der Waals surface area contributed by atoms with E-state index in [0.29, 0.717) is 73.0 Å². The van der Waals surface area contributed by atoms with E-state index >= 15 is 0 Å². The number of hydrogen-bond acceptors (Lipinski definition) is 12. The first-order valence-corrected chi connectivity index (χ1v) is 50.7. The fraction of sp³-hybridized carbons (Fsp3) is 0.441. The van der Waals surface area contributed by atoms with Gasteiger partial charge >= 0.3 is 35.8 Å². The van der Waals surface area contributed by atoms with Crippen molar-refractivity contribution < 1.29 is 84.1 Å². The van der Waals surface area contributed by atoms with Gasteiger partial charge in [-0.1, -0.05) is 248 Å². The Morgan fingerprint density at radius 3 is 0.654 bits per heavy atom. The average molecular weight is 1860 g/mol. The number of ether oxygens (including phenoxy) is 6. The van der Waals surface area contributed by atoms with Gasteiger partial charge in [-0.05, 0) is 220 Å². The molecule has 0 bridgehead atoms. The third-order valence-electron chi connectivity index (χ3n) is 27.5. The van der Waals surface area contributed by atoms with Gasteiger partial charge in [0.05, 0.1) is 153 Å². The van der Waals surface area contributed by atoms with Gasteiger partial charge < -0.3 is 55.3 Å². The highest BCUT2D eigenvalue weighted by molar-refractivity contribution is 6.06. The molecule has 0 N–H and O–H groups in total. The molecule has 0 spiro atoms. The molecule has 0 aliphatic rings. The van der Waals surface area contributed by atoms with Gasteiger partial charge in [-0.25, -0.2) is 28.8 Å². The van der Waals surface area contributed by atoms with Crippen molar-refractivity contribution in [2.45, 2.75) is 149 Å². The van der Waals surface area contributed by atoms with E-state index in [2.05, 4.69) is 131 Å². The molecule has 18 nitrogen and oxygen atoms in total. The molecule has 136 heavy (non-hydrogen) atoms. The van der Waals surface area contributed by atoms with Gasteiger partial charge in [0.1, 0.15) is 78.9 Å². The third-order valence-corrected chi connectivity index (χ3v) is 27.5. The Morgan fingerprint density at radius 1 is 0.199 bits per heavy atom. The van der Waals surface area contributed by atoms with Crippen molar-refractivity contribution in [3.8, 4) is 0 Å². The van der Waals surface area contributed by atoms with Crippen LogP contribution >= 0.6 is 0 Å². The van der Waals surface area contributed by atoms with Gasteiger partial charge in [-0.3, -0.25) is 0 Å². The molecule has 0 aliphatic heterocycles. The standard InChI is InChI=1S/C22H32NO2.2C21H30NO2.2C19H26NO2.C16H20NO2/c1-4-7-15-23(6-3,14-5-2)16-17-25-22(24)21-13-12-19-10-8-9-11-20(19)18-21;1-4-14-22(6-3,15-5-2)16-17-24-21(23)20-13-9-11-18-10-7-8-12-19(18)20;1-4-13-22(6-3,14-5-2)15-16-24-21(23)20-12-11-18-9-7-8-10-19(18)17-20;1-4-20(5-2,6-3)14-15-22-19(21)18-13-9-11-16-10-7-8-12-17(16)18;1-4-20(5-2,6-3)13-14-22-19(21)18-12-11-16-9-7-8-10-17(16)15-18;1-17(2,3)11-12-19-16(18)15-10-6-8-13-7-4-5-9-14(13)15/h8-13,18H,4-7,14-17H2,1-3H3;7-13H,4-6,14-17H2,1-3H3;7-12,17H,4-6,13-16H2,1-3H3;7-13H,4-6,14-15H2,1-3H3;7-12,15H,4-6,13-14H2,1-3H3;4-10H,11-12H2,1-3H3/q6*+1. The summed E-state index contributed by atoms with van der Waals surface area (Å²) < 4.78 is 39.1. The second-order valence-electron chi connectivity index (χ2n) is 37.0. The lowest BCUT2D eigenvalue weighted by Gasteiger charge is -2.37. The van der Waals surface area contributed by atoms with Crippen LogP contribution in [-0.2, 0) is 28.4 Å². The molecular weight excluding hydrogens is 1690 g/mol. The summed E-state index contributed by atoms with van der Waals surface area (Å²) in [5, 5.41) is 12.7. The average Bonchev–Trinajstić information content (AvgIpc) is 0.820. The second kappa shape index (κ2) is 58.4. The molecule has 0 saturated carbocycles. The number of benzene rings is 12. The lowest BCUT2D eigenvalue weighted by molar-refractivity contribution is -0.926. The molecule has 0 aromatic heterocycles. The van der Waals surface area contributed by atoms with Crippen LogP contribution < -0.4 is 0 Å². The summed E-state index contributed by atoms with van der Waals surface area (Å²) in [6, 6.07) is 82.3. The predicted molar refractivity (Wildman–Crippen MR) is 564 cm³/mol. The number of carbonyl (C=O) groups excluding carboxylic acids is 6. The zero-order valence-electron chi connectivity index (χ0n) is 85.9. The first-order chi connectivity index (χ1) is 65.7. The minimum absolute atomic E-state index is 0.214. The molecule has 12 aromatic rings. The summed E-state index contributed by atoms with van der Waals surface area (Å²) in [5.41, 5.74) is 3.85. The Labute approximate surface area is 814 Å². The van der Waals surface area contributed by atoms with Crippen molar-refractivity contribution in [1.82, 2.24) is 0 Å². The van der Waals surface area contributed by atoms with Gasteiger partial charge in [-0.15, -0.1) is 0 Å². The first-order valence-electron chi connectivity index (χ1n) is 50.7. The molecule has 0 fully saturated rings. The van der Waals surface area contributed by atoms with E-state index in [1.54, 1.807) is 0 Å². The van der Waals surface area contributed by atoms with Gasteiger partial charge in [-0.2, -0.15) is 0 Å². The first kappa shape index (κ1) is 112. The van der Waals surface area contributed by atoms with Gasteiger partial charge in [0.25, 0.3) is 0 Å². The quantitative estimate of drug-likeness (QED) is 0.0202. The fourth-order valence-corrected chi connectivity index (χ4v) is 18.3. The Morgan fingerprint density at radius 2 is 0.412 bits per heavy atom. The monoisotopic (exact) mass is 1860 g/mol. The lowest BCUT2D eigenvalue weighted by Crippen LogP contribution is -2.51. The van der Waals surface area contributed by atoms with E-state index in [0.717, 1.165) is 255 Å². The summed E-state index contributed by atoms with van der Waals surface area (Å²) >= 11 is 0. The molecule has 1 unspecified atom stereocenters. The number of likely N-dealkylation sites (N-methyl/N-ethyl adjacent to an activating group) is 6. The SMILES string of the molecule is CCCC[N+](CC)(CCC)CCOC(=O)c1ccc2ccccc2c1.CCC[N+](CC)(CCC)CCOC(=O)c1ccc2ccccc2c1.CCC[N+](CC)(CCC)CCOC(=O)c1cccc2ccccc12.CC[N+](CC)(CC)CCOC(=O)c1ccc2ccccc2c1.CC[N+](CC)(CC)CCOC(=O)c1cccc2ccccc12.C[N+](C)(C)CCOC(=O)c1cccc2ccccc12. The largest absolute Gasteiger partial charge is 0.456 e. The van der Waals surface area contributed by atoms with Crippen LogP contribution in [0.4, 0.5) is 0 Å². The van der Waals surface area contributed by atoms with Gasteiger partial charge in [0, 0.05) is 0 Å². The Kier molecular flexibility index (Phi) is 48.0. The van der Waals surface area contributed by atoms with E-state index in [9.17, 15) is 28.8 Å². The van der Waals surface area contributed by atoms with Crippen molar-refractivity contribution >= 4 is 100 Å². The van der Waals surface area contributed by atoms with Crippen LogP contribution in [0.1, 0.15) is 211 Å². The number of hydrogen-bond donors (Lipinski definition) is 0. The molecule has 12 aromatic carbocycles. The zero-order chi connectivity index (χ0) is 98.8. The molecule has 0 amide bonds. The molecule has 18 heteroatoms. The highest BCUT2D eigenvalue weighted by Gasteiger charge is 2.30. The van der Waals surface area contributed by atoms with Crippen LogP contribution in [0.3, 0.4) is 0 Å². The van der Waals surface area contributed by atoms with Crippen LogP contribution in [0, 0.1) is 0 Å². The second-order valence-corrected chi connectivity index (χ2v) is 37.0. The summed E-state index contributed by atoms with van der Waals surface area (Å²) in [5.74, 6) is -1.35. The maximum Gasteiger partial charge on any atom is 0.338 e. The van der Waals surface area contributed by atoms with Gasteiger partial charge in [0.2, 0.25) is 0 Å². The van der Waals surface area contributed by atoms with E-state index < -0.39 is 0 Å². The van der Waals surface area contributed by atoms with Crippen LogP contribution in [0.5, 0.6) is 0 Å². The summed E-state index contributed by atoms with van der Waals surface area (Å²) in [7, 11) is 6.23. The van der Waals surface area contributed by atoms with Crippen molar-refractivity contribution in [2.24, 2.45) is 0 Å². The smallest absolute Gasteiger partial charge is 0.338 e. The predicted octanol–water partition coefficient (Wildman–Crippen LogP) is 24.8. The van der Waals surface area contributed by atoms with E-state index in [1.807, 2.05) is 249 Å². The minimum Gasteiger partial charge on any atom is -0.456 e. The molecular formula is C118H164N6O12+6. The highest BCUT2D eigenvalue weighted by Crippen LogP contribution is 2.27. The summed E-state index contributed by atoms with van der Waals surface area (Å²) in [4.78, 5) is 74.0. The Hall–Kier alpha value is -11.2. The minimum atomic E-state index is -0.245. The maximum atomic E-state index is 12.5. The fourth-order valence-electron chi connectivity index (χ4n) is 18.3. The van der Waals surface area contributed by atoms with E-state index in [-0.39, 0.29) is 35.8 Å². The normalized spacial score (nSPS) is 12.0. The van der Waals surface area contributed by atoms with Crippen molar-refractivity contribution in [3.63, 3.8) is 0 Å². The summed E-state index contributed by atoms with van der Waals surface area (Å²) in [6.45, 7) is 57.9. The van der Waals surface area contributed by atoms with Crippen molar-refractivity contribution in [1.29, 1.82) is 0 Å². The maximum absolute atomic E-state index is 12.5. The Bertz CT molecular complexity index is 5580. The Balaban J connectivity index is 0.000000223. The van der Waals surface area contributed by atoms with Crippen LogP contribution in [0.25, 0.3) is 64.6 Å². The molecule has 0 radical (unpaired) electrons. The number of nitrogens with zero attached hydrogens (tertiary/aromatic N) is 6. The topological polar surface area (TPSA) is 158 Å². The third kappa shape index (κ3) is 34.5. The number of unbranched alkanes of at least 4 members (excludes halogenated alkanes) is 1. The highest BCUT2D eigenvalue weighted by atomic mass is 16.6. The van der Waals surface area contributed by atoms with Crippen molar-refractivity contribution in [3.05, 3.63) is 288 Å². The van der Waals surface area contributed by atoms with Crippen molar-refractivity contribution in [2.75, 3.05) is 198 Å². The molecule has 0 aliphatic carbocycles.